The zero-order chi connectivity index (χ0) is 7.49. The fourth-order valence-corrected chi connectivity index (χ4v) is 0.882. The van der Waals surface area contributed by atoms with Crippen LogP contribution < -0.4 is 51.4 Å². The third kappa shape index (κ3) is 3.84. The molecule has 0 saturated carbocycles. The molecule has 0 atom stereocenters. The van der Waals surface area contributed by atoms with Gasteiger partial charge in [0, 0.05) is 0 Å². The van der Waals surface area contributed by atoms with Gasteiger partial charge < -0.3 is 11.8 Å². The summed E-state index contributed by atoms with van der Waals surface area (Å²) in [7, 11) is 4.17. The minimum atomic E-state index is 0. The molecule has 0 aromatic carbocycles. The van der Waals surface area contributed by atoms with Gasteiger partial charge in [0.25, 0.3) is 0 Å². The summed E-state index contributed by atoms with van der Waals surface area (Å²) in [4.78, 5) is 2.19. The third-order valence-electron chi connectivity index (χ3n) is 2.26. The van der Waals surface area contributed by atoms with Gasteiger partial charge in [-0.15, -0.1) is 5.54 Å². The van der Waals surface area contributed by atoms with Gasteiger partial charge in [0.05, 0.1) is 0 Å². The van der Waals surface area contributed by atoms with Crippen LogP contribution in [0.25, 0.3) is 0 Å². The minimum absolute atomic E-state index is 0. The van der Waals surface area contributed by atoms with Crippen molar-refractivity contribution in [3.8, 4) is 0 Å². The SMILES string of the molecule is [CH2-]C(CC)(CC)N(C)C.[K+]. The molecule has 0 amide bonds. The summed E-state index contributed by atoms with van der Waals surface area (Å²) in [5.41, 5.74) is 0.167. The van der Waals surface area contributed by atoms with Crippen molar-refractivity contribution >= 4 is 0 Å². The zero-order valence-corrected chi connectivity index (χ0v) is 11.2. The van der Waals surface area contributed by atoms with Crippen LogP contribution in [0.2, 0.25) is 0 Å². The van der Waals surface area contributed by atoms with E-state index in [1.54, 1.807) is 0 Å². The van der Waals surface area contributed by atoms with Crippen molar-refractivity contribution in [1.82, 2.24) is 4.90 Å². The Bertz CT molecular complexity index is 77.3. The van der Waals surface area contributed by atoms with E-state index in [1.807, 2.05) is 0 Å². The molecule has 0 heterocycles. The van der Waals surface area contributed by atoms with E-state index < -0.39 is 0 Å². The monoisotopic (exact) mass is 167 g/mol. The maximum atomic E-state index is 4.13. The molecule has 10 heavy (non-hydrogen) atoms. The van der Waals surface area contributed by atoms with Crippen molar-refractivity contribution in [3.63, 3.8) is 0 Å². The number of hydrogen-bond donors (Lipinski definition) is 0. The number of nitrogens with zero attached hydrogens (tertiary/aromatic N) is 1. The van der Waals surface area contributed by atoms with Gasteiger partial charge in [-0.2, -0.15) is 0 Å². The van der Waals surface area contributed by atoms with Crippen molar-refractivity contribution < 1.29 is 51.4 Å². The second kappa shape index (κ2) is 6.15. The Labute approximate surface area is 108 Å². The topological polar surface area (TPSA) is 3.24 Å². The molecule has 0 bridgehead atoms. The van der Waals surface area contributed by atoms with E-state index in [4.69, 9.17) is 0 Å². The predicted octanol–water partition coefficient (Wildman–Crippen LogP) is -1.06. The van der Waals surface area contributed by atoms with Crippen molar-refractivity contribution in [2.45, 2.75) is 32.2 Å². The van der Waals surface area contributed by atoms with Gasteiger partial charge in [-0.25, -0.2) is 0 Å². The molecule has 0 N–H and O–H groups in total. The van der Waals surface area contributed by atoms with Crippen molar-refractivity contribution in [1.29, 1.82) is 0 Å². The Hall–Kier alpha value is 1.60. The first-order valence-electron chi connectivity index (χ1n) is 3.59. The molecule has 0 radical (unpaired) electrons. The maximum Gasteiger partial charge on any atom is 1.00 e. The van der Waals surface area contributed by atoms with E-state index in [0.717, 1.165) is 12.8 Å². The average molecular weight is 167 g/mol. The standard InChI is InChI=1S/C8H18N.K/c1-6-8(3,7-2)9(4)5;/h3,6-7H2,1-2,4-5H3;/q-1;+1. The van der Waals surface area contributed by atoms with Gasteiger partial charge in [0.15, 0.2) is 0 Å². The molecule has 2 heteroatoms. The van der Waals surface area contributed by atoms with Crippen LogP contribution in [0.3, 0.4) is 0 Å². The minimum Gasteiger partial charge on any atom is -0.333 e. The third-order valence-corrected chi connectivity index (χ3v) is 2.26. The van der Waals surface area contributed by atoms with Crippen molar-refractivity contribution in [3.05, 3.63) is 6.92 Å². The van der Waals surface area contributed by atoms with Gasteiger partial charge in [-0.3, -0.25) is 0 Å². The largest absolute Gasteiger partial charge is 1.00 e. The molecule has 1 nitrogen and oxygen atoms in total. The number of hydrogen-bond acceptors (Lipinski definition) is 1. The summed E-state index contributed by atoms with van der Waals surface area (Å²) in [5, 5.41) is 0. The van der Waals surface area contributed by atoms with Gasteiger partial charge >= 0.3 is 51.4 Å². The molecule has 0 aliphatic heterocycles. The predicted molar refractivity (Wildman–Crippen MR) is 42.4 cm³/mol. The summed E-state index contributed by atoms with van der Waals surface area (Å²) in [5.74, 6) is 0. The van der Waals surface area contributed by atoms with E-state index in [2.05, 4.69) is 39.8 Å². The molecule has 0 saturated heterocycles. The Kier molecular flexibility index (Phi) is 8.70. The molecule has 0 aromatic rings. The summed E-state index contributed by atoms with van der Waals surface area (Å²) in [6.07, 6.45) is 2.24. The first-order chi connectivity index (χ1) is 4.06. The van der Waals surface area contributed by atoms with Gasteiger partial charge in [-0.1, -0.05) is 26.7 Å². The Morgan fingerprint density at radius 2 is 1.50 bits per heavy atom. The second-order valence-electron chi connectivity index (χ2n) is 2.83. The molecule has 56 valence electrons. The van der Waals surface area contributed by atoms with Crippen LogP contribution in [0.15, 0.2) is 0 Å². The zero-order valence-electron chi connectivity index (χ0n) is 8.07. The number of rotatable bonds is 3. The fourth-order valence-electron chi connectivity index (χ4n) is 0.882. The van der Waals surface area contributed by atoms with Gasteiger partial charge in [-0.05, 0) is 14.1 Å². The van der Waals surface area contributed by atoms with E-state index in [-0.39, 0.29) is 56.9 Å². The fraction of sp³-hybridized carbons (Fsp3) is 0.875. The Balaban J connectivity index is 0. The molecule has 0 rings (SSSR count). The molecular weight excluding hydrogens is 149 g/mol. The summed E-state index contributed by atoms with van der Waals surface area (Å²) < 4.78 is 0. The normalized spacial score (nSPS) is 11.4. The van der Waals surface area contributed by atoms with Crippen LogP contribution in [0, 0.1) is 6.92 Å². The van der Waals surface area contributed by atoms with Crippen LogP contribution in [0.1, 0.15) is 26.7 Å². The van der Waals surface area contributed by atoms with Crippen LogP contribution in [0.4, 0.5) is 0 Å². The maximum absolute atomic E-state index is 4.13. The molecule has 0 aliphatic rings. The summed E-state index contributed by atoms with van der Waals surface area (Å²) >= 11 is 0. The Morgan fingerprint density at radius 3 is 1.50 bits per heavy atom. The van der Waals surface area contributed by atoms with Crippen LogP contribution in [0.5, 0.6) is 0 Å². The van der Waals surface area contributed by atoms with Gasteiger partial charge in [0.1, 0.15) is 0 Å². The molecule has 0 unspecified atom stereocenters. The van der Waals surface area contributed by atoms with E-state index in [0.29, 0.717) is 0 Å². The van der Waals surface area contributed by atoms with E-state index >= 15 is 0 Å². The van der Waals surface area contributed by atoms with Crippen molar-refractivity contribution in [2.75, 3.05) is 14.1 Å². The first kappa shape index (κ1) is 14.1. The second-order valence-corrected chi connectivity index (χ2v) is 2.83. The Morgan fingerprint density at radius 1 is 1.20 bits per heavy atom. The van der Waals surface area contributed by atoms with Crippen molar-refractivity contribution in [2.24, 2.45) is 0 Å². The summed E-state index contributed by atoms with van der Waals surface area (Å²) in [6, 6.07) is 0. The first-order valence-corrected chi connectivity index (χ1v) is 3.59. The smallest absolute Gasteiger partial charge is 0.333 e. The molecular formula is C8H18KN. The molecule has 0 aliphatic carbocycles. The van der Waals surface area contributed by atoms with E-state index in [1.165, 1.54) is 0 Å². The van der Waals surface area contributed by atoms with Gasteiger partial charge in [0.2, 0.25) is 0 Å². The van der Waals surface area contributed by atoms with E-state index in [9.17, 15) is 0 Å². The van der Waals surface area contributed by atoms with Crippen LogP contribution in [-0.4, -0.2) is 24.5 Å². The molecule has 0 fully saturated rings. The van der Waals surface area contributed by atoms with Crippen LogP contribution >= 0.6 is 0 Å². The molecule has 0 aromatic heterocycles. The summed E-state index contributed by atoms with van der Waals surface area (Å²) in [6.45, 7) is 8.49. The molecule has 0 spiro atoms. The quantitative estimate of drug-likeness (QED) is 0.383. The average Bonchev–Trinajstić information content (AvgIpc) is 1.86. The van der Waals surface area contributed by atoms with Crippen LogP contribution in [-0.2, 0) is 0 Å².